The highest BCUT2D eigenvalue weighted by Crippen LogP contribution is 2.44. The zero-order valence-electron chi connectivity index (χ0n) is 13.5. The molecule has 0 amide bonds. The Kier molecular flexibility index (Phi) is 4.05. The van der Waals surface area contributed by atoms with Crippen LogP contribution >= 0.6 is 15.9 Å². The predicted octanol–water partition coefficient (Wildman–Crippen LogP) is 3.51. The van der Waals surface area contributed by atoms with E-state index in [0.717, 1.165) is 31.2 Å². The molecule has 2 aliphatic rings. The molecule has 2 aromatic rings. The van der Waals surface area contributed by atoms with Gasteiger partial charge >= 0.3 is 0 Å². The van der Waals surface area contributed by atoms with E-state index < -0.39 is 10.0 Å². The monoisotopic (exact) mass is 409 g/mol. The second kappa shape index (κ2) is 5.97. The fourth-order valence-electron chi connectivity index (χ4n) is 4.11. The molecule has 7 heteroatoms. The quantitative estimate of drug-likeness (QED) is 0.778. The Morgan fingerprint density at radius 3 is 2.38 bits per heavy atom. The van der Waals surface area contributed by atoms with Crippen LogP contribution in [0.3, 0.4) is 0 Å². The van der Waals surface area contributed by atoms with Gasteiger partial charge < -0.3 is 0 Å². The molecule has 0 radical (unpaired) electrons. The molecule has 128 valence electrons. The van der Waals surface area contributed by atoms with E-state index in [1.165, 1.54) is 0 Å². The number of hydrogen-bond acceptors (Lipinski definition) is 3. The van der Waals surface area contributed by atoms with Gasteiger partial charge in [0, 0.05) is 22.8 Å². The summed E-state index contributed by atoms with van der Waals surface area (Å²) in [7, 11) is -3.47. The normalized spacial score (nSPS) is 27.5. The molecule has 1 aromatic heterocycles. The maximum atomic E-state index is 13.2. The lowest BCUT2D eigenvalue weighted by atomic mass is 10.00. The zero-order chi connectivity index (χ0) is 16.9. The van der Waals surface area contributed by atoms with Gasteiger partial charge in [0.2, 0.25) is 10.0 Å². The van der Waals surface area contributed by atoms with Crippen molar-refractivity contribution in [2.75, 3.05) is 0 Å². The first-order valence-electron chi connectivity index (χ1n) is 8.25. The highest BCUT2D eigenvalue weighted by molar-refractivity contribution is 9.10. The first kappa shape index (κ1) is 16.3. The Bertz CT molecular complexity index is 850. The predicted molar refractivity (Wildman–Crippen MR) is 95.2 cm³/mol. The van der Waals surface area contributed by atoms with Crippen molar-refractivity contribution < 1.29 is 8.42 Å². The average Bonchev–Trinajstić information content (AvgIpc) is 3.09. The van der Waals surface area contributed by atoms with Crippen molar-refractivity contribution in [2.24, 2.45) is 0 Å². The standard InChI is InChI=1S/C17H20BrN3O2S/c1-12-10-19-20(11-12)15-8-13-6-7-14(9-15)21(13)24(22,23)17-5-3-2-4-16(17)18/h2-5,10-11,13-15H,6-9H2,1H3. The molecule has 0 spiro atoms. The molecule has 2 fully saturated rings. The van der Waals surface area contributed by atoms with E-state index in [4.69, 9.17) is 0 Å². The fraction of sp³-hybridized carbons (Fsp3) is 0.471. The summed E-state index contributed by atoms with van der Waals surface area (Å²) in [6, 6.07) is 7.51. The van der Waals surface area contributed by atoms with Gasteiger partial charge in [0.25, 0.3) is 0 Å². The van der Waals surface area contributed by atoms with Gasteiger partial charge in [-0.2, -0.15) is 9.40 Å². The topological polar surface area (TPSA) is 55.2 Å². The third kappa shape index (κ3) is 2.62. The summed E-state index contributed by atoms with van der Waals surface area (Å²) in [5.74, 6) is 0. The van der Waals surface area contributed by atoms with Gasteiger partial charge in [0.05, 0.1) is 17.1 Å². The molecule has 5 nitrogen and oxygen atoms in total. The highest BCUT2D eigenvalue weighted by Gasteiger charge is 2.48. The Balaban J connectivity index is 1.64. The fourth-order valence-corrected chi connectivity index (χ4v) is 6.97. The Labute approximate surface area is 150 Å². The van der Waals surface area contributed by atoms with E-state index in [1.54, 1.807) is 22.5 Å². The first-order chi connectivity index (χ1) is 11.5. The van der Waals surface area contributed by atoms with Crippen LogP contribution in [0, 0.1) is 6.92 Å². The number of piperidine rings is 1. The summed E-state index contributed by atoms with van der Waals surface area (Å²) in [4.78, 5) is 0.371. The van der Waals surface area contributed by atoms with Crippen LogP contribution in [0.2, 0.25) is 0 Å². The molecular formula is C17H20BrN3O2S. The number of benzene rings is 1. The van der Waals surface area contributed by atoms with Crippen LogP contribution in [0.15, 0.2) is 46.0 Å². The minimum atomic E-state index is -3.47. The number of aryl methyl sites for hydroxylation is 1. The SMILES string of the molecule is Cc1cnn(C2CC3CCC(C2)N3S(=O)(=O)c2ccccc2Br)c1. The lowest BCUT2D eigenvalue weighted by Crippen LogP contribution is -2.46. The minimum absolute atomic E-state index is 0.0652. The van der Waals surface area contributed by atoms with Gasteiger partial charge in [-0.3, -0.25) is 4.68 Å². The average molecular weight is 410 g/mol. The molecule has 0 aliphatic carbocycles. The number of hydrogen-bond donors (Lipinski definition) is 0. The third-order valence-electron chi connectivity index (χ3n) is 5.14. The van der Waals surface area contributed by atoms with Crippen molar-refractivity contribution in [3.63, 3.8) is 0 Å². The van der Waals surface area contributed by atoms with Crippen LogP contribution < -0.4 is 0 Å². The third-order valence-corrected chi connectivity index (χ3v) is 8.16. The van der Waals surface area contributed by atoms with Crippen molar-refractivity contribution in [1.82, 2.24) is 14.1 Å². The number of rotatable bonds is 3. The van der Waals surface area contributed by atoms with Gasteiger partial charge in [-0.25, -0.2) is 8.42 Å². The second-order valence-electron chi connectivity index (χ2n) is 6.77. The summed E-state index contributed by atoms with van der Waals surface area (Å²) < 4.78 is 30.8. The Hall–Kier alpha value is -1.18. The molecule has 2 saturated heterocycles. The van der Waals surface area contributed by atoms with Gasteiger partial charge in [-0.15, -0.1) is 0 Å². The Morgan fingerprint density at radius 1 is 1.12 bits per heavy atom. The number of halogens is 1. The molecule has 2 atom stereocenters. The first-order valence-corrected chi connectivity index (χ1v) is 10.5. The lowest BCUT2D eigenvalue weighted by Gasteiger charge is -2.38. The number of aromatic nitrogens is 2. The van der Waals surface area contributed by atoms with E-state index in [2.05, 4.69) is 27.2 Å². The smallest absolute Gasteiger partial charge is 0.244 e. The molecule has 0 saturated carbocycles. The number of sulfonamides is 1. The maximum Gasteiger partial charge on any atom is 0.244 e. The summed E-state index contributed by atoms with van der Waals surface area (Å²) in [6.45, 7) is 2.03. The van der Waals surface area contributed by atoms with Crippen LogP contribution in [-0.2, 0) is 10.0 Å². The van der Waals surface area contributed by atoms with E-state index in [1.807, 2.05) is 23.9 Å². The van der Waals surface area contributed by atoms with Crippen LogP contribution in [0.1, 0.15) is 37.3 Å². The van der Waals surface area contributed by atoms with E-state index >= 15 is 0 Å². The molecule has 24 heavy (non-hydrogen) atoms. The summed E-state index contributed by atoms with van der Waals surface area (Å²) in [6.07, 6.45) is 7.47. The van der Waals surface area contributed by atoms with Crippen LogP contribution in [-0.4, -0.2) is 34.6 Å². The molecule has 0 N–H and O–H groups in total. The zero-order valence-corrected chi connectivity index (χ0v) is 15.9. The van der Waals surface area contributed by atoms with Crippen molar-refractivity contribution >= 4 is 26.0 Å². The van der Waals surface area contributed by atoms with Gasteiger partial charge in [-0.1, -0.05) is 12.1 Å². The van der Waals surface area contributed by atoms with Crippen molar-refractivity contribution in [3.8, 4) is 0 Å². The van der Waals surface area contributed by atoms with Crippen molar-refractivity contribution in [1.29, 1.82) is 0 Å². The number of nitrogens with zero attached hydrogens (tertiary/aromatic N) is 3. The molecule has 1 aromatic carbocycles. The molecule has 2 bridgehead atoms. The summed E-state index contributed by atoms with van der Waals surface area (Å²) in [5.41, 5.74) is 1.14. The van der Waals surface area contributed by atoms with Crippen molar-refractivity contribution in [3.05, 3.63) is 46.7 Å². The Morgan fingerprint density at radius 2 is 1.79 bits per heavy atom. The highest BCUT2D eigenvalue weighted by atomic mass is 79.9. The lowest BCUT2D eigenvalue weighted by molar-refractivity contribution is 0.184. The summed E-state index contributed by atoms with van der Waals surface area (Å²) in [5, 5.41) is 4.44. The van der Waals surface area contributed by atoms with Crippen molar-refractivity contribution in [2.45, 2.75) is 55.6 Å². The van der Waals surface area contributed by atoms with E-state index in [0.29, 0.717) is 15.4 Å². The van der Waals surface area contributed by atoms with Gasteiger partial charge in [0.1, 0.15) is 0 Å². The van der Waals surface area contributed by atoms with Crippen LogP contribution in [0.5, 0.6) is 0 Å². The van der Waals surface area contributed by atoms with E-state index in [-0.39, 0.29) is 12.1 Å². The molecule has 2 unspecified atom stereocenters. The number of fused-ring (bicyclic) bond motifs is 2. The van der Waals surface area contributed by atoms with Crippen LogP contribution in [0.4, 0.5) is 0 Å². The van der Waals surface area contributed by atoms with E-state index in [9.17, 15) is 8.42 Å². The second-order valence-corrected chi connectivity index (χ2v) is 9.44. The maximum absolute atomic E-state index is 13.2. The van der Waals surface area contributed by atoms with Gasteiger partial charge in [-0.05, 0) is 66.2 Å². The molecule has 3 heterocycles. The summed E-state index contributed by atoms with van der Waals surface area (Å²) >= 11 is 3.39. The molecule has 2 aliphatic heterocycles. The largest absolute Gasteiger partial charge is 0.269 e. The molecule has 4 rings (SSSR count). The molecular weight excluding hydrogens is 390 g/mol. The minimum Gasteiger partial charge on any atom is -0.269 e. The van der Waals surface area contributed by atoms with Gasteiger partial charge in [0.15, 0.2) is 0 Å². The van der Waals surface area contributed by atoms with Crippen LogP contribution in [0.25, 0.3) is 0 Å².